The summed E-state index contributed by atoms with van der Waals surface area (Å²) in [6.07, 6.45) is 8.84. The standard InChI is InChI=1S/C18H17FN6O/c1-26-12-4-11(5-12)23-18-22-7-14-13(6-21-17(14)24-18)10-2-3-16-20-8-15(19)25(16)9-10/h2-3,6-9,11-12H,4-5H2,1H3,(H2,21,22,23,24)/t11-,12+. The average Bonchev–Trinajstić information content (AvgIpc) is 3.21. The molecule has 4 aromatic rings. The summed E-state index contributed by atoms with van der Waals surface area (Å²) >= 11 is 0. The van der Waals surface area contributed by atoms with Crippen LogP contribution in [0.4, 0.5) is 10.3 Å². The fraction of sp³-hybridized carbons (Fsp3) is 0.278. The van der Waals surface area contributed by atoms with Crippen LogP contribution in [0.2, 0.25) is 0 Å². The quantitative estimate of drug-likeness (QED) is 0.590. The lowest BCUT2D eigenvalue weighted by Crippen LogP contribution is -2.40. The molecular weight excluding hydrogens is 335 g/mol. The molecule has 7 nitrogen and oxygen atoms in total. The van der Waals surface area contributed by atoms with E-state index in [4.69, 9.17) is 4.74 Å². The third-order valence-corrected chi connectivity index (χ3v) is 4.96. The van der Waals surface area contributed by atoms with Crippen LogP contribution >= 0.6 is 0 Å². The highest BCUT2D eigenvalue weighted by Crippen LogP contribution is 2.29. The molecule has 0 bridgehead atoms. The summed E-state index contributed by atoms with van der Waals surface area (Å²) in [4.78, 5) is 16.2. The number of aromatic nitrogens is 5. The van der Waals surface area contributed by atoms with Crippen LogP contribution in [0.15, 0.2) is 36.9 Å². The summed E-state index contributed by atoms with van der Waals surface area (Å²) < 4.78 is 20.5. The molecule has 0 unspecified atom stereocenters. The maximum atomic E-state index is 13.8. The minimum atomic E-state index is -0.390. The number of aromatic amines is 1. The zero-order valence-electron chi connectivity index (χ0n) is 14.1. The highest BCUT2D eigenvalue weighted by molar-refractivity contribution is 5.93. The molecule has 4 heterocycles. The zero-order chi connectivity index (χ0) is 17.7. The molecule has 26 heavy (non-hydrogen) atoms. The maximum absolute atomic E-state index is 13.8. The summed E-state index contributed by atoms with van der Waals surface area (Å²) in [5.41, 5.74) is 3.10. The molecule has 5 rings (SSSR count). The highest BCUT2D eigenvalue weighted by atomic mass is 19.1. The van der Waals surface area contributed by atoms with E-state index in [2.05, 4.69) is 25.3 Å². The second-order valence-electron chi connectivity index (χ2n) is 6.56. The first-order valence-corrected chi connectivity index (χ1v) is 8.47. The van der Waals surface area contributed by atoms with Crippen molar-refractivity contribution in [1.29, 1.82) is 0 Å². The first-order chi connectivity index (χ1) is 12.7. The Labute approximate surface area is 148 Å². The molecule has 1 aliphatic rings. The average molecular weight is 352 g/mol. The minimum Gasteiger partial charge on any atom is -0.381 e. The second kappa shape index (κ2) is 5.77. The molecule has 2 N–H and O–H groups in total. The summed E-state index contributed by atoms with van der Waals surface area (Å²) in [7, 11) is 1.73. The zero-order valence-corrected chi connectivity index (χ0v) is 14.1. The Morgan fingerprint density at radius 3 is 3.00 bits per heavy atom. The molecule has 0 spiro atoms. The number of nitrogens with zero attached hydrogens (tertiary/aromatic N) is 4. The highest BCUT2D eigenvalue weighted by Gasteiger charge is 2.29. The van der Waals surface area contributed by atoms with Crippen LogP contribution in [0.1, 0.15) is 12.8 Å². The van der Waals surface area contributed by atoms with E-state index in [1.165, 1.54) is 10.6 Å². The van der Waals surface area contributed by atoms with Crippen molar-refractivity contribution in [2.45, 2.75) is 25.0 Å². The fourth-order valence-electron chi connectivity index (χ4n) is 3.38. The van der Waals surface area contributed by atoms with Crippen molar-refractivity contribution in [3.8, 4) is 11.1 Å². The molecule has 8 heteroatoms. The summed E-state index contributed by atoms with van der Waals surface area (Å²) in [5.74, 6) is 0.209. The van der Waals surface area contributed by atoms with Gasteiger partial charge in [0.2, 0.25) is 11.9 Å². The van der Waals surface area contributed by atoms with Gasteiger partial charge >= 0.3 is 0 Å². The lowest BCUT2D eigenvalue weighted by atomic mass is 9.89. The number of rotatable bonds is 4. The number of imidazole rings is 1. The van der Waals surface area contributed by atoms with E-state index in [1.54, 1.807) is 25.6 Å². The van der Waals surface area contributed by atoms with E-state index in [9.17, 15) is 4.39 Å². The molecule has 4 aromatic heterocycles. The minimum absolute atomic E-state index is 0.326. The Bertz CT molecular complexity index is 1100. The normalized spacial score (nSPS) is 19.8. The van der Waals surface area contributed by atoms with Gasteiger partial charge in [-0.1, -0.05) is 0 Å². The number of methoxy groups -OCH3 is 1. The predicted molar refractivity (Wildman–Crippen MR) is 95.5 cm³/mol. The van der Waals surface area contributed by atoms with Gasteiger partial charge in [-0.2, -0.15) is 9.37 Å². The van der Waals surface area contributed by atoms with Gasteiger partial charge in [-0.3, -0.25) is 4.40 Å². The van der Waals surface area contributed by atoms with Gasteiger partial charge in [0.15, 0.2) is 0 Å². The molecule has 132 valence electrons. The van der Waals surface area contributed by atoms with Gasteiger partial charge in [-0.05, 0) is 25.0 Å². The lowest BCUT2D eigenvalue weighted by molar-refractivity contribution is 0.0327. The van der Waals surface area contributed by atoms with Gasteiger partial charge in [-0.25, -0.2) is 9.97 Å². The summed E-state index contributed by atoms with van der Waals surface area (Å²) in [6, 6.07) is 4.05. The Morgan fingerprint density at radius 2 is 2.15 bits per heavy atom. The summed E-state index contributed by atoms with van der Waals surface area (Å²) in [6.45, 7) is 0. The second-order valence-corrected chi connectivity index (χ2v) is 6.56. The number of anilines is 1. The number of nitrogens with one attached hydrogen (secondary N) is 2. The molecule has 0 aromatic carbocycles. The van der Waals surface area contributed by atoms with Crippen molar-refractivity contribution in [2.75, 3.05) is 12.4 Å². The Balaban J connectivity index is 1.46. The van der Waals surface area contributed by atoms with Crippen LogP contribution in [-0.2, 0) is 4.74 Å². The van der Waals surface area contributed by atoms with Crippen molar-refractivity contribution >= 4 is 22.6 Å². The Morgan fingerprint density at radius 1 is 1.27 bits per heavy atom. The predicted octanol–water partition coefficient (Wildman–Crippen LogP) is 3.00. The number of pyridine rings is 1. The molecule has 1 fully saturated rings. The van der Waals surface area contributed by atoms with E-state index in [0.717, 1.165) is 35.0 Å². The lowest BCUT2D eigenvalue weighted by Gasteiger charge is -2.34. The van der Waals surface area contributed by atoms with Crippen LogP contribution in [0.3, 0.4) is 0 Å². The number of ether oxygens (including phenoxy) is 1. The van der Waals surface area contributed by atoms with Crippen molar-refractivity contribution in [1.82, 2.24) is 24.3 Å². The largest absolute Gasteiger partial charge is 0.381 e. The number of fused-ring (bicyclic) bond motifs is 2. The van der Waals surface area contributed by atoms with Gasteiger partial charge in [-0.15, -0.1) is 0 Å². The Hall–Kier alpha value is -3.00. The maximum Gasteiger partial charge on any atom is 0.224 e. The van der Waals surface area contributed by atoms with E-state index < -0.39 is 0 Å². The van der Waals surface area contributed by atoms with Crippen molar-refractivity contribution in [3.05, 3.63) is 42.9 Å². The first-order valence-electron chi connectivity index (χ1n) is 8.47. The van der Waals surface area contributed by atoms with Crippen molar-refractivity contribution in [3.63, 3.8) is 0 Å². The smallest absolute Gasteiger partial charge is 0.224 e. The third-order valence-electron chi connectivity index (χ3n) is 4.96. The van der Waals surface area contributed by atoms with E-state index >= 15 is 0 Å². The number of hydrogen-bond acceptors (Lipinski definition) is 5. The SMILES string of the molecule is CO[C@H]1C[C@@H](Nc2ncc3c(-c4ccc5ncc(F)n5c4)c[nH]c3n2)C1. The number of H-pyrrole nitrogens is 1. The molecule has 1 saturated carbocycles. The van der Waals surface area contributed by atoms with Crippen molar-refractivity contribution in [2.24, 2.45) is 0 Å². The molecule has 0 amide bonds. The topological polar surface area (TPSA) is 80.1 Å². The van der Waals surface area contributed by atoms with Crippen LogP contribution < -0.4 is 5.32 Å². The molecule has 0 atom stereocenters. The van der Waals surface area contributed by atoms with Crippen molar-refractivity contribution < 1.29 is 9.13 Å². The third kappa shape index (κ3) is 2.41. The molecular formula is C18H17FN6O. The van der Waals surface area contributed by atoms with Gasteiger partial charge < -0.3 is 15.0 Å². The van der Waals surface area contributed by atoms with Crippen LogP contribution in [0.5, 0.6) is 0 Å². The van der Waals surface area contributed by atoms with Gasteiger partial charge in [0, 0.05) is 48.3 Å². The van der Waals surface area contributed by atoms with Gasteiger partial charge in [0.1, 0.15) is 11.3 Å². The fourth-order valence-corrected chi connectivity index (χ4v) is 3.38. The van der Waals surface area contributed by atoms with Crippen LogP contribution in [-0.4, -0.2) is 43.6 Å². The van der Waals surface area contributed by atoms with Crippen LogP contribution in [0.25, 0.3) is 27.8 Å². The first kappa shape index (κ1) is 15.3. The van der Waals surface area contributed by atoms with Crippen LogP contribution in [0, 0.1) is 5.95 Å². The number of hydrogen-bond donors (Lipinski definition) is 2. The Kier molecular flexibility index (Phi) is 3.39. The molecule has 0 saturated heterocycles. The molecule has 0 aliphatic heterocycles. The van der Waals surface area contributed by atoms with E-state index in [0.29, 0.717) is 23.7 Å². The number of halogens is 1. The van der Waals surface area contributed by atoms with Gasteiger partial charge in [0.05, 0.1) is 12.3 Å². The monoisotopic (exact) mass is 352 g/mol. The van der Waals surface area contributed by atoms with E-state index in [1.807, 2.05) is 12.3 Å². The van der Waals surface area contributed by atoms with E-state index in [-0.39, 0.29) is 5.95 Å². The summed E-state index contributed by atoms with van der Waals surface area (Å²) in [5, 5.41) is 4.22. The molecule has 0 radical (unpaired) electrons. The van der Waals surface area contributed by atoms with Gasteiger partial charge in [0.25, 0.3) is 0 Å². The molecule has 1 aliphatic carbocycles.